The Bertz CT molecular complexity index is 1060. The smallest absolute Gasteiger partial charge is 0.234 e. The number of carbonyl (C=O) groups excluding carboxylic acids is 2. The monoisotopic (exact) mass is 434 g/mol. The van der Waals surface area contributed by atoms with Crippen molar-refractivity contribution in [3.05, 3.63) is 66.0 Å². The molecule has 1 heterocycles. The van der Waals surface area contributed by atoms with Gasteiger partial charge in [-0.2, -0.15) is 0 Å². The summed E-state index contributed by atoms with van der Waals surface area (Å²) in [5.41, 5.74) is 2.21. The minimum Gasteiger partial charge on any atom is -0.325 e. The van der Waals surface area contributed by atoms with Gasteiger partial charge < -0.3 is 5.32 Å². The fraction of sp³-hybridized carbons (Fsp3) is 0.333. The molecule has 1 aliphatic rings. The molecule has 4 rings (SSSR count). The average molecular weight is 435 g/mol. The lowest BCUT2D eigenvalue weighted by Crippen LogP contribution is -2.15. The van der Waals surface area contributed by atoms with E-state index in [2.05, 4.69) is 20.1 Å². The average Bonchev–Trinajstić information content (AvgIpc) is 3.23. The van der Waals surface area contributed by atoms with Crippen LogP contribution in [0, 0.1) is 0 Å². The summed E-state index contributed by atoms with van der Waals surface area (Å²) in [6, 6.07) is 17.1. The zero-order valence-corrected chi connectivity index (χ0v) is 18.4. The number of rotatable bonds is 7. The van der Waals surface area contributed by atoms with E-state index in [0.717, 1.165) is 29.5 Å². The highest BCUT2D eigenvalue weighted by molar-refractivity contribution is 7.99. The van der Waals surface area contributed by atoms with Crippen LogP contribution in [0.5, 0.6) is 0 Å². The standard InChI is InChI=1S/C24H26N4O2S/c1-17(29)19-11-8-12-20(15-19)25-22(30)16-31-24-27-26-23(18-9-4-2-5-10-18)28(24)21-13-6-3-7-14-21/h3,6-8,11-15,18H,2,4-5,9-10,16H2,1H3,(H,25,30). The Labute approximate surface area is 186 Å². The fourth-order valence-electron chi connectivity index (χ4n) is 3.96. The van der Waals surface area contributed by atoms with Crippen LogP contribution in [0.2, 0.25) is 0 Å². The van der Waals surface area contributed by atoms with Gasteiger partial charge in [0.2, 0.25) is 5.91 Å². The van der Waals surface area contributed by atoms with Crippen molar-refractivity contribution in [2.45, 2.75) is 50.1 Å². The van der Waals surface area contributed by atoms with E-state index in [0.29, 0.717) is 17.2 Å². The number of amides is 1. The van der Waals surface area contributed by atoms with Crippen molar-refractivity contribution in [3.8, 4) is 5.69 Å². The molecule has 0 unspecified atom stereocenters. The number of nitrogens with zero attached hydrogens (tertiary/aromatic N) is 3. The van der Waals surface area contributed by atoms with Gasteiger partial charge in [-0.3, -0.25) is 14.2 Å². The summed E-state index contributed by atoms with van der Waals surface area (Å²) in [7, 11) is 0. The molecule has 0 atom stereocenters. The number of anilines is 1. The van der Waals surface area contributed by atoms with Crippen molar-refractivity contribution in [2.24, 2.45) is 0 Å². The van der Waals surface area contributed by atoms with Gasteiger partial charge >= 0.3 is 0 Å². The van der Waals surface area contributed by atoms with Crippen LogP contribution in [0.3, 0.4) is 0 Å². The fourth-order valence-corrected chi connectivity index (χ4v) is 4.72. The second-order valence-electron chi connectivity index (χ2n) is 7.82. The lowest BCUT2D eigenvalue weighted by Gasteiger charge is -2.22. The summed E-state index contributed by atoms with van der Waals surface area (Å²) in [5, 5.41) is 12.6. The van der Waals surface area contributed by atoms with E-state index >= 15 is 0 Å². The molecule has 7 heteroatoms. The van der Waals surface area contributed by atoms with Crippen LogP contribution < -0.4 is 5.32 Å². The molecule has 31 heavy (non-hydrogen) atoms. The molecule has 0 aliphatic heterocycles. The number of hydrogen-bond donors (Lipinski definition) is 1. The predicted octanol–water partition coefficient (Wildman–Crippen LogP) is 5.25. The maximum Gasteiger partial charge on any atom is 0.234 e. The molecule has 1 aliphatic carbocycles. The van der Waals surface area contributed by atoms with Crippen molar-refractivity contribution in [1.29, 1.82) is 0 Å². The van der Waals surface area contributed by atoms with Gasteiger partial charge in [0, 0.05) is 22.9 Å². The molecule has 1 aromatic heterocycles. The first kappa shape index (κ1) is 21.3. The van der Waals surface area contributed by atoms with Gasteiger partial charge in [0.05, 0.1) is 5.75 Å². The SMILES string of the molecule is CC(=O)c1cccc(NC(=O)CSc2nnc(C3CCCCC3)n2-c2ccccc2)c1. The van der Waals surface area contributed by atoms with Crippen LogP contribution in [-0.4, -0.2) is 32.2 Å². The normalized spacial score (nSPS) is 14.4. The lowest BCUT2D eigenvalue weighted by atomic mass is 9.88. The van der Waals surface area contributed by atoms with Crippen LogP contribution in [0.4, 0.5) is 5.69 Å². The third kappa shape index (κ3) is 5.22. The molecular weight excluding hydrogens is 408 g/mol. The lowest BCUT2D eigenvalue weighted by molar-refractivity contribution is -0.113. The molecule has 2 aromatic carbocycles. The first-order valence-corrected chi connectivity index (χ1v) is 11.6. The number of carbonyl (C=O) groups is 2. The van der Waals surface area contributed by atoms with Crippen molar-refractivity contribution < 1.29 is 9.59 Å². The molecule has 1 N–H and O–H groups in total. The van der Waals surface area contributed by atoms with Crippen LogP contribution in [0.15, 0.2) is 59.8 Å². The van der Waals surface area contributed by atoms with E-state index in [1.165, 1.54) is 37.9 Å². The van der Waals surface area contributed by atoms with Crippen molar-refractivity contribution in [1.82, 2.24) is 14.8 Å². The van der Waals surface area contributed by atoms with Gasteiger partial charge in [-0.1, -0.05) is 61.4 Å². The summed E-state index contributed by atoms with van der Waals surface area (Å²) in [6.45, 7) is 1.51. The minimum absolute atomic E-state index is 0.0309. The van der Waals surface area contributed by atoms with Gasteiger partial charge in [0.1, 0.15) is 5.82 Å². The van der Waals surface area contributed by atoms with Gasteiger partial charge in [-0.05, 0) is 44.0 Å². The van der Waals surface area contributed by atoms with Gasteiger partial charge in [-0.25, -0.2) is 0 Å². The Morgan fingerprint density at radius 2 is 1.81 bits per heavy atom. The number of para-hydroxylation sites is 1. The molecule has 0 spiro atoms. The highest BCUT2D eigenvalue weighted by atomic mass is 32.2. The Balaban J connectivity index is 1.50. The molecule has 0 radical (unpaired) electrons. The number of thioether (sulfide) groups is 1. The maximum absolute atomic E-state index is 12.5. The number of ketones is 1. The predicted molar refractivity (Wildman–Crippen MR) is 123 cm³/mol. The van der Waals surface area contributed by atoms with E-state index < -0.39 is 0 Å². The highest BCUT2D eigenvalue weighted by Gasteiger charge is 2.24. The largest absolute Gasteiger partial charge is 0.325 e. The quantitative estimate of drug-likeness (QED) is 0.406. The van der Waals surface area contributed by atoms with Crippen molar-refractivity contribution >= 4 is 29.1 Å². The maximum atomic E-state index is 12.5. The minimum atomic E-state index is -0.146. The molecule has 1 saturated carbocycles. The molecule has 1 fully saturated rings. The third-order valence-corrected chi connectivity index (χ3v) is 6.46. The van der Waals surface area contributed by atoms with Crippen LogP contribution in [-0.2, 0) is 4.79 Å². The van der Waals surface area contributed by atoms with Crippen LogP contribution in [0.1, 0.15) is 61.1 Å². The van der Waals surface area contributed by atoms with E-state index in [9.17, 15) is 9.59 Å². The summed E-state index contributed by atoms with van der Waals surface area (Å²) in [5.74, 6) is 1.42. The summed E-state index contributed by atoms with van der Waals surface area (Å²) in [4.78, 5) is 24.1. The second kappa shape index (κ2) is 9.92. The van der Waals surface area contributed by atoms with Crippen molar-refractivity contribution in [3.63, 3.8) is 0 Å². The van der Waals surface area contributed by atoms with E-state index in [4.69, 9.17) is 0 Å². The first-order chi connectivity index (χ1) is 15.1. The zero-order chi connectivity index (χ0) is 21.6. The Hall–Kier alpha value is -2.93. The Kier molecular flexibility index (Phi) is 6.82. The number of aromatic nitrogens is 3. The van der Waals surface area contributed by atoms with E-state index in [1.807, 2.05) is 30.3 Å². The summed E-state index contributed by atoms with van der Waals surface area (Å²) in [6.07, 6.45) is 5.97. The second-order valence-corrected chi connectivity index (χ2v) is 8.76. The summed E-state index contributed by atoms with van der Waals surface area (Å²) < 4.78 is 2.10. The van der Waals surface area contributed by atoms with E-state index in [-0.39, 0.29) is 17.4 Å². The van der Waals surface area contributed by atoms with Gasteiger partial charge in [0.15, 0.2) is 10.9 Å². The topological polar surface area (TPSA) is 76.9 Å². The molecule has 160 valence electrons. The van der Waals surface area contributed by atoms with Gasteiger partial charge in [0.25, 0.3) is 0 Å². The van der Waals surface area contributed by atoms with Gasteiger partial charge in [-0.15, -0.1) is 10.2 Å². The molecule has 0 saturated heterocycles. The Morgan fingerprint density at radius 1 is 1.03 bits per heavy atom. The third-order valence-electron chi connectivity index (χ3n) is 5.53. The Morgan fingerprint density at radius 3 is 2.55 bits per heavy atom. The number of hydrogen-bond acceptors (Lipinski definition) is 5. The van der Waals surface area contributed by atoms with E-state index in [1.54, 1.807) is 24.3 Å². The molecule has 1 amide bonds. The molecule has 0 bridgehead atoms. The molecule has 6 nitrogen and oxygen atoms in total. The number of Topliss-reactive ketones (excluding diaryl/α,β-unsaturated/α-hetero) is 1. The highest BCUT2D eigenvalue weighted by Crippen LogP contribution is 2.34. The first-order valence-electron chi connectivity index (χ1n) is 10.7. The zero-order valence-electron chi connectivity index (χ0n) is 17.6. The number of nitrogens with one attached hydrogen (secondary N) is 1. The van der Waals surface area contributed by atoms with Crippen molar-refractivity contribution in [2.75, 3.05) is 11.1 Å². The van der Waals surface area contributed by atoms with Crippen LogP contribution in [0.25, 0.3) is 5.69 Å². The summed E-state index contributed by atoms with van der Waals surface area (Å²) >= 11 is 1.37. The molecule has 3 aromatic rings. The number of benzene rings is 2. The van der Waals surface area contributed by atoms with Crippen LogP contribution >= 0.6 is 11.8 Å². The molecular formula is C24H26N4O2S.